The Morgan fingerprint density at radius 3 is 2.57 bits per heavy atom. The summed E-state index contributed by atoms with van der Waals surface area (Å²) in [5.41, 5.74) is 0.495. The van der Waals surface area contributed by atoms with Crippen molar-refractivity contribution in [2.75, 3.05) is 19.5 Å². The minimum atomic E-state index is -3.84. The summed E-state index contributed by atoms with van der Waals surface area (Å²) in [5.74, 6) is -2.54. The molecule has 1 saturated heterocycles. The minimum absolute atomic E-state index is 0.0102. The molecule has 1 aromatic rings. The largest absolute Gasteiger partial charge is 0.461 e. The van der Waals surface area contributed by atoms with E-state index in [0.717, 1.165) is 11.8 Å². The van der Waals surface area contributed by atoms with Crippen LogP contribution in [-0.2, 0) is 40.2 Å². The fraction of sp³-hybridized carbons (Fsp3) is 0.389. The summed E-state index contributed by atoms with van der Waals surface area (Å²) in [5, 5.41) is 1.99. The Hall–Kier alpha value is -2.14. The number of carbonyl (C=O) groups is 3. The van der Waals surface area contributed by atoms with Crippen molar-refractivity contribution in [1.29, 1.82) is 0 Å². The molecule has 30 heavy (non-hydrogen) atoms. The number of benzene rings is 1. The van der Waals surface area contributed by atoms with Gasteiger partial charge in [-0.2, -0.15) is 0 Å². The summed E-state index contributed by atoms with van der Waals surface area (Å²) < 4.78 is 35.1. The number of methoxy groups -OCH3 is 1. The van der Waals surface area contributed by atoms with Crippen LogP contribution in [0.15, 0.2) is 29.5 Å². The molecule has 0 aromatic heterocycles. The van der Waals surface area contributed by atoms with Crippen molar-refractivity contribution in [1.82, 2.24) is 10.2 Å². The van der Waals surface area contributed by atoms with Crippen LogP contribution in [0.3, 0.4) is 0 Å². The highest BCUT2D eigenvalue weighted by atomic mass is 35.5. The second-order valence-corrected chi connectivity index (χ2v) is 9.64. The Labute approximate surface area is 182 Å². The highest BCUT2D eigenvalue weighted by Crippen LogP contribution is 2.38. The van der Waals surface area contributed by atoms with Crippen molar-refractivity contribution in [3.63, 3.8) is 0 Å². The Morgan fingerprint density at radius 2 is 1.97 bits per heavy atom. The fourth-order valence-electron chi connectivity index (χ4n) is 3.29. The average molecular weight is 477 g/mol. The average Bonchev–Trinajstić information content (AvgIpc) is 2.67. The Bertz CT molecular complexity index is 1050. The normalized spacial score (nSPS) is 22.3. The number of rotatable bonds is 6. The first kappa shape index (κ1) is 22.5. The topological polar surface area (TPSA) is 119 Å². The van der Waals surface area contributed by atoms with Gasteiger partial charge in [0.2, 0.25) is 0 Å². The van der Waals surface area contributed by atoms with Gasteiger partial charge in [-0.05, 0) is 17.7 Å². The first-order valence-corrected chi connectivity index (χ1v) is 11.2. The van der Waals surface area contributed by atoms with Crippen LogP contribution in [0.2, 0.25) is 10.0 Å². The number of fused-ring (bicyclic) bond motifs is 1. The number of ether oxygens (including phenoxy) is 2. The molecule has 2 atom stereocenters. The van der Waals surface area contributed by atoms with Gasteiger partial charge in [0.15, 0.2) is 21.3 Å². The molecule has 162 valence electrons. The standard InChI is InChI=1S/C18H18Cl2N2O7S/c1-9(23)29-7-11-8-30(26,27)18-15(28-2)17(25)22(18)14(11)16(24)21-6-10-3-4-12(19)13(20)5-10/h3-5,15,18H,6-8H2,1-2H3,(H,21,24)/t15-,18+/m0/s1. The van der Waals surface area contributed by atoms with E-state index in [0.29, 0.717) is 15.6 Å². The number of nitrogens with zero attached hydrogens (tertiary/aromatic N) is 1. The number of hydrogen-bond acceptors (Lipinski definition) is 7. The molecule has 1 fully saturated rings. The number of halogens is 2. The second kappa shape index (κ2) is 8.54. The van der Waals surface area contributed by atoms with Gasteiger partial charge in [-0.25, -0.2) is 8.42 Å². The van der Waals surface area contributed by atoms with Crippen LogP contribution in [0.4, 0.5) is 0 Å². The predicted octanol–water partition coefficient (Wildman–Crippen LogP) is 1.04. The van der Waals surface area contributed by atoms with Gasteiger partial charge in [0.25, 0.3) is 11.8 Å². The molecule has 0 spiro atoms. The van der Waals surface area contributed by atoms with Gasteiger partial charge in [-0.15, -0.1) is 0 Å². The number of hydrogen-bond donors (Lipinski definition) is 1. The van der Waals surface area contributed by atoms with Gasteiger partial charge in [-0.1, -0.05) is 29.3 Å². The van der Waals surface area contributed by atoms with E-state index in [9.17, 15) is 22.8 Å². The Kier molecular flexibility index (Phi) is 6.42. The molecule has 1 N–H and O–H groups in total. The highest BCUT2D eigenvalue weighted by molar-refractivity contribution is 7.92. The molecule has 0 aliphatic carbocycles. The van der Waals surface area contributed by atoms with Crippen LogP contribution < -0.4 is 5.32 Å². The lowest BCUT2D eigenvalue weighted by atomic mass is 10.0. The Balaban J connectivity index is 1.91. The Morgan fingerprint density at radius 1 is 1.27 bits per heavy atom. The SMILES string of the molecule is CO[C@H]1C(=O)N2C(C(=O)NCc3ccc(Cl)c(Cl)c3)=C(COC(C)=O)CS(=O)(=O)[C@H]12. The smallest absolute Gasteiger partial charge is 0.302 e. The summed E-state index contributed by atoms with van der Waals surface area (Å²) in [7, 11) is -2.62. The molecule has 9 nitrogen and oxygen atoms in total. The van der Waals surface area contributed by atoms with E-state index in [4.69, 9.17) is 32.7 Å². The van der Waals surface area contributed by atoms with Crippen LogP contribution >= 0.6 is 23.2 Å². The third kappa shape index (κ3) is 4.18. The molecule has 2 heterocycles. The lowest BCUT2D eigenvalue weighted by Crippen LogP contribution is -2.71. The number of amides is 2. The van der Waals surface area contributed by atoms with E-state index in [-0.39, 0.29) is 17.8 Å². The van der Waals surface area contributed by atoms with Crippen molar-refractivity contribution >= 4 is 50.8 Å². The van der Waals surface area contributed by atoms with Crippen LogP contribution in [0, 0.1) is 0 Å². The van der Waals surface area contributed by atoms with Crippen molar-refractivity contribution in [2.45, 2.75) is 24.9 Å². The van der Waals surface area contributed by atoms with Gasteiger partial charge >= 0.3 is 5.97 Å². The second-order valence-electron chi connectivity index (χ2n) is 6.73. The van der Waals surface area contributed by atoms with E-state index in [1.54, 1.807) is 18.2 Å². The van der Waals surface area contributed by atoms with Crippen molar-refractivity contribution < 1.29 is 32.3 Å². The van der Waals surface area contributed by atoms with Crippen LogP contribution in [-0.4, -0.2) is 62.0 Å². The molecule has 2 aliphatic heterocycles. The van der Waals surface area contributed by atoms with Gasteiger partial charge in [0, 0.05) is 26.2 Å². The summed E-state index contributed by atoms with van der Waals surface area (Å²) in [4.78, 5) is 37.5. The zero-order chi connectivity index (χ0) is 22.2. The molecule has 2 aliphatic rings. The fourth-order valence-corrected chi connectivity index (χ4v) is 5.62. The summed E-state index contributed by atoms with van der Waals surface area (Å²) in [6, 6.07) is 4.80. The van der Waals surface area contributed by atoms with E-state index in [2.05, 4.69) is 5.32 Å². The lowest BCUT2D eigenvalue weighted by molar-refractivity contribution is -0.160. The zero-order valence-electron chi connectivity index (χ0n) is 16.0. The number of nitrogens with one attached hydrogen (secondary N) is 1. The number of sulfone groups is 1. The number of carbonyl (C=O) groups excluding carboxylic acids is 3. The van der Waals surface area contributed by atoms with Gasteiger partial charge in [-0.3, -0.25) is 19.3 Å². The molecule has 2 amide bonds. The maximum atomic E-state index is 12.9. The van der Waals surface area contributed by atoms with Gasteiger partial charge < -0.3 is 14.8 Å². The van der Waals surface area contributed by atoms with Crippen molar-refractivity contribution in [3.8, 4) is 0 Å². The third-order valence-electron chi connectivity index (χ3n) is 4.67. The molecule has 0 saturated carbocycles. The molecule has 12 heteroatoms. The molecular weight excluding hydrogens is 459 g/mol. The molecule has 0 bridgehead atoms. The monoisotopic (exact) mass is 476 g/mol. The maximum absolute atomic E-state index is 12.9. The molecular formula is C18H18Cl2N2O7S. The van der Waals surface area contributed by atoms with E-state index >= 15 is 0 Å². The molecule has 1 aromatic carbocycles. The van der Waals surface area contributed by atoms with E-state index < -0.39 is 51.5 Å². The van der Waals surface area contributed by atoms with E-state index in [1.807, 2.05) is 0 Å². The van der Waals surface area contributed by atoms with Crippen molar-refractivity contribution in [2.24, 2.45) is 0 Å². The van der Waals surface area contributed by atoms with Crippen LogP contribution in [0.1, 0.15) is 12.5 Å². The number of esters is 1. The van der Waals surface area contributed by atoms with Gasteiger partial charge in [0.05, 0.1) is 15.8 Å². The van der Waals surface area contributed by atoms with Gasteiger partial charge in [0.1, 0.15) is 12.3 Å². The zero-order valence-corrected chi connectivity index (χ0v) is 18.3. The van der Waals surface area contributed by atoms with E-state index in [1.165, 1.54) is 7.11 Å². The lowest BCUT2D eigenvalue weighted by Gasteiger charge is -2.48. The first-order chi connectivity index (χ1) is 14.1. The molecule has 0 radical (unpaired) electrons. The summed E-state index contributed by atoms with van der Waals surface area (Å²) >= 11 is 11.8. The molecule has 0 unspecified atom stereocenters. The van der Waals surface area contributed by atoms with Crippen LogP contribution in [0.5, 0.6) is 0 Å². The quantitative estimate of drug-likeness (QED) is 0.480. The van der Waals surface area contributed by atoms with Crippen LogP contribution in [0.25, 0.3) is 0 Å². The summed E-state index contributed by atoms with van der Waals surface area (Å²) in [6.07, 6.45) is -1.19. The highest BCUT2D eigenvalue weighted by Gasteiger charge is 2.60. The summed E-state index contributed by atoms with van der Waals surface area (Å²) in [6.45, 7) is 0.770. The first-order valence-electron chi connectivity index (χ1n) is 8.71. The maximum Gasteiger partial charge on any atom is 0.302 e. The van der Waals surface area contributed by atoms with Crippen molar-refractivity contribution in [3.05, 3.63) is 45.1 Å². The minimum Gasteiger partial charge on any atom is -0.461 e. The molecule has 3 rings (SSSR count). The predicted molar refractivity (Wildman–Crippen MR) is 107 cm³/mol. The third-order valence-corrected chi connectivity index (χ3v) is 7.35. The number of β-lactam (4-membered cyclic amide) rings is 1.